The number of carbonyl (C=O) groups is 1. The molecule has 1 aromatic rings. The Morgan fingerprint density at radius 2 is 2.08 bits per heavy atom. The summed E-state index contributed by atoms with van der Waals surface area (Å²) >= 11 is 0. The van der Waals surface area contributed by atoms with Crippen molar-refractivity contribution in [3.63, 3.8) is 0 Å². The summed E-state index contributed by atoms with van der Waals surface area (Å²) in [5, 5.41) is 3.36. The highest BCUT2D eigenvalue weighted by molar-refractivity contribution is 5.77. The van der Waals surface area contributed by atoms with Crippen molar-refractivity contribution in [2.45, 2.75) is 70.3 Å². The molecule has 1 saturated heterocycles. The fraction of sp³-hybridized carbons (Fsp3) is 0.789. The predicted molar refractivity (Wildman–Crippen MR) is 100 cm³/mol. The number of nitrogen functional groups attached to an aromatic ring is 1. The van der Waals surface area contributed by atoms with Gasteiger partial charge in [-0.3, -0.25) is 4.79 Å². The Morgan fingerprint density at radius 1 is 1.23 bits per heavy atom. The van der Waals surface area contributed by atoms with Gasteiger partial charge in [-0.05, 0) is 56.3 Å². The van der Waals surface area contributed by atoms with Crippen molar-refractivity contribution in [2.24, 2.45) is 11.3 Å². The van der Waals surface area contributed by atoms with Crippen LogP contribution in [0, 0.1) is 11.3 Å². The van der Waals surface area contributed by atoms with Gasteiger partial charge in [0.2, 0.25) is 17.8 Å². The number of rotatable bonds is 4. The smallest absolute Gasteiger partial charge is 0.227 e. The van der Waals surface area contributed by atoms with E-state index in [2.05, 4.69) is 25.2 Å². The third-order valence-corrected chi connectivity index (χ3v) is 6.61. The molecule has 3 fully saturated rings. The summed E-state index contributed by atoms with van der Waals surface area (Å²) in [6, 6.07) is 0.165. The first kappa shape index (κ1) is 17.5. The van der Waals surface area contributed by atoms with Crippen LogP contribution in [-0.2, 0) is 4.79 Å². The van der Waals surface area contributed by atoms with Gasteiger partial charge in [0.1, 0.15) is 6.33 Å². The van der Waals surface area contributed by atoms with E-state index in [1.165, 1.54) is 38.4 Å². The lowest BCUT2D eigenvalue weighted by Gasteiger charge is -2.34. The maximum Gasteiger partial charge on any atom is 0.227 e. The minimum Gasteiger partial charge on any atom is -0.368 e. The molecular weight excluding hydrogens is 328 g/mol. The van der Waals surface area contributed by atoms with Gasteiger partial charge in [0.05, 0.1) is 0 Å². The number of carbonyl (C=O) groups excluding carboxylic acids is 1. The first-order valence-corrected chi connectivity index (χ1v) is 10.1. The lowest BCUT2D eigenvalue weighted by Crippen LogP contribution is -2.43. The van der Waals surface area contributed by atoms with E-state index < -0.39 is 0 Å². The number of nitrogens with zero attached hydrogens (tertiary/aromatic N) is 4. The summed E-state index contributed by atoms with van der Waals surface area (Å²) in [6.45, 7) is 1.60. The quantitative estimate of drug-likeness (QED) is 0.859. The molecule has 1 amide bonds. The number of hydrogen-bond acceptors (Lipinski definition) is 6. The molecule has 1 aliphatic heterocycles. The number of fused-ring (bicyclic) bond motifs is 2. The monoisotopic (exact) mass is 358 g/mol. The third-order valence-electron chi connectivity index (χ3n) is 6.61. The van der Waals surface area contributed by atoms with Gasteiger partial charge >= 0.3 is 0 Å². The molecule has 7 heteroatoms. The molecular formula is C19H30N6O. The summed E-state index contributed by atoms with van der Waals surface area (Å²) < 4.78 is 0. The zero-order chi connectivity index (χ0) is 18.0. The van der Waals surface area contributed by atoms with E-state index in [4.69, 9.17) is 5.73 Å². The molecule has 2 aliphatic carbocycles. The summed E-state index contributed by atoms with van der Waals surface area (Å²) in [4.78, 5) is 27.3. The van der Waals surface area contributed by atoms with Crippen LogP contribution in [0.25, 0.3) is 0 Å². The average molecular weight is 358 g/mol. The van der Waals surface area contributed by atoms with Crippen LogP contribution < -0.4 is 11.1 Å². The maximum absolute atomic E-state index is 13.1. The minimum absolute atomic E-state index is 0.165. The van der Waals surface area contributed by atoms with Gasteiger partial charge in [-0.15, -0.1) is 0 Å². The van der Waals surface area contributed by atoms with Gasteiger partial charge in [0, 0.05) is 25.6 Å². The van der Waals surface area contributed by atoms with Crippen molar-refractivity contribution in [2.75, 3.05) is 24.1 Å². The SMILES string of the molecule is Nc1ncnc(NC2CCCCCN(C(=O)CC34CCC(CC3)C4)C2)n1. The van der Waals surface area contributed by atoms with Crippen LogP contribution in [0.4, 0.5) is 11.9 Å². The first-order chi connectivity index (χ1) is 12.6. The highest BCUT2D eigenvalue weighted by atomic mass is 16.2. The minimum atomic E-state index is 0.165. The number of nitrogens with two attached hydrogens (primary N) is 1. The zero-order valence-electron chi connectivity index (χ0n) is 15.5. The molecule has 0 radical (unpaired) electrons. The van der Waals surface area contributed by atoms with Gasteiger partial charge in [0.15, 0.2) is 0 Å². The molecule has 142 valence electrons. The highest BCUT2D eigenvalue weighted by Crippen LogP contribution is 2.56. The molecule has 4 rings (SSSR count). The molecule has 1 aromatic heterocycles. The van der Waals surface area contributed by atoms with Crippen LogP contribution in [0.15, 0.2) is 6.33 Å². The number of hydrogen-bond donors (Lipinski definition) is 2. The second-order valence-electron chi connectivity index (χ2n) is 8.52. The summed E-state index contributed by atoms with van der Waals surface area (Å²) in [5.74, 6) is 1.95. The topological polar surface area (TPSA) is 97.0 Å². The molecule has 7 nitrogen and oxygen atoms in total. The average Bonchev–Trinajstić information content (AvgIpc) is 3.17. The van der Waals surface area contributed by atoms with E-state index in [9.17, 15) is 4.79 Å². The van der Waals surface area contributed by atoms with Crippen molar-refractivity contribution in [1.29, 1.82) is 0 Å². The third kappa shape index (κ3) is 3.91. The lowest BCUT2D eigenvalue weighted by atomic mass is 9.80. The fourth-order valence-corrected chi connectivity index (χ4v) is 5.22. The van der Waals surface area contributed by atoms with Crippen LogP contribution in [0.3, 0.4) is 0 Å². The number of anilines is 2. The van der Waals surface area contributed by atoms with E-state index in [1.807, 2.05) is 0 Å². The van der Waals surface area contributed by atoms with Crippen molar-refractivity contribution < 1.29 is 4.79 Å². The van der Waals surface area contributed by atoms with Crippen LogP contribution in [0.1, 0.15) is 64.2 Å². The molecule has 2 saturated carbocycles. The van der Waals surface area contributed by atoms with Crippen molar-refractivity contribution in [3.8, 4) is 0 Å². The molecule has 1 unspecified atom stereocenters. The van der Waals surface area contributed by atoms with Crippen molar-refractivity contribution >= 4 is 17.8 Å². The maximum atomic E-state index is 13.1. The highest BCUT2D eigenvalue weighted by Gasteiger charge is 2.46. The number of likely N-dealkylation sites (tertiary alicyclic amines) is 1. The molecule has 3 N–H and O–H groups in total. The Hall–Kier alpha value is -1.92. The lowest BCUT2D eigenvalue weighted by molar-refractivity contribution is -0.134. The molecule has 3 aliphatic rings. The molecule has 26 heavy (non-hydrogen) atoms. The zero-order valence-corrected chi connectivity index (χ0v) is 15.5. The number of amides is 1. The molecule has 0 spiro atoms. The summed E-state index contributed by atoms with van der Waals surface area (Å²) in [6.07, 6.45) is 13.1. The summed E-state index contributed by atoms with van der Waals surface area (Å²) in [5.41, 5.74) is 5.97. The Bertz CT molecular complexity index is 643. The molecule has 2 heterocycles. The molecule has 0 aromatic carbocycles. The van der Waals surface area contributed by atoms with E-state index in [-0.39, 0.29) is 12.0 Å². The first-order valence-electron chi connectivity index (χ1n) is 10.1. The fourth-order valence-electron chi connectivity index (χ4n) is 5.22. The molecule has 2 bridgehead atoms. The largest absolute Gasteiger partial charge is 0.368 e. The number of aromatic nitrogens is 3. The van der Waals surface area contributed by atoms with Gasteiger partial charge in [-0.25, -0.2) is 9.97 Å². The van der Waals surface area contributed by atoms with Gasteiger partial charge in [0.25, 0.3) is 0 Å². The van der Waals surface area contributed by atoms with Crippen LogP contribution >= 0.6 is 0 Å². The Morgan fingerprint density at radius 3 is 2.81 bits per heavy atom. The Labute approximate surface area is 155 Å². The Balaban J connectivity index is 1.40. The van der Waals surface area contributed by atoms with E-state index >= 15 is 0 Å². The van der Waals surface area contributed by atoms with Crippen LogP contribution in [0.5, 0.6) is 0 Å². The summed E-state index contributed by atoms with van der Waals surface area (Å²) in [7, 11) is 0. The van der Waals surface area contributed by atoms with E-state index in [1.54, 1.807) is 0 Å². The van der Waals surface area contributed by atoms with Crippen LogP contribution in [0.2, 0.25) is 0 Å². The second-order valence-corrected chi connectivity index (χ2v) is 8.52. The Kier molecular flexibility index (Phi) is 4.96. The van der Waals surface area contributed by atoms with Crippen LogP contribution in [-0.4, -0.2) is 44.9 Å². The molecule has 1 atom stereocenters. The van der Waals surface area contributed by atoms with Crippen molar-refractivity contribution in [1.82, 2.24) is 19.9 Å². The standard InChI is InChI=1S/C19H30N6O/c20-17-21-13-22-18(24-17)23-15-4-2-1-3-9-25(12-15)16(26)11-19-7-5-14(10-19)6-8-19/h13-15H,1-12H2,(H3,20,21,22,23,24). The van der Waals surface area contributed by atoms with E-state index in [0.717, 1.165) is 51.1 Å². The normalized spacial score (nSPS) is 31.5. The van der Waals surface area contributed by atoms with Gasteiger partial charge < -0.3 is 16.0 Å². The second kappa shape index (κ2) is 7.37. The van der Waals surface area contributed by atoms with Gasteiger partial charge in [-0.2, -0.15) is 4.98 Å². The number of nitrogens with one attached hydrogen (secondary N) is 1. The van der Waals surface area contributed by atoms with Gasteiger partial charge in [-0.1, -0.05) is 12.8 Å². The van der Waals surface area contributed by atoms with Crippen molar-refractivity contribution in [3.05, 3.63) is 6.33 Å². The predicted octanol–water partition coefficient (Wildman–Crippen LogP) is 2.61. The van der Waals surface area contributed by atoms with E-state index in [0.29, 0.717) is 17.3 Å².